The van der Waals surface area contributed by atoms with Gasteiger partial charge in [0.2, 0.25) is 0 Å². The maximum Gasteiger partial charge on any atom is 0.408 e. The van der Waals surface area contributed by atoms with E-state index in [9.17, 15) is 18.0 Å². The highest BCUT2D eigenvalue weighted by Gasteiger charge is 2.49. The quantitative estimate of drug-likeness (QED) is 0.714. The molecular weight excluding hydrogens is 440 g/mol. The first-order chi connectivity index (χ1) is 14.3. The van der Waals surface area contributed by atoms with Gasteiger partial charge in [0.05, 0.1) is 17.5 Å². The number of carbonyl (C=O) groups is 2. The van der Waals surface area contributed by atoms with Crippen LogP contribution in [0.1, 0.15) is 20.8 Å². The Hall–Kier alpha value is -2.27. The number of fused-ring (bicyclic) bond motifs is 1. The lowest BCUT2D eigenvalue weighted by molar-refractivity contribution is -0.117. The molecule has 2 atom stereocenters. The third-order valence-corrected chi connectivity index (χ3v) is 7.92. The first-order valence-corrected chi connectivity index (χ1v) is 12.6. The van der Waals surface area contributed by atoms with E-state index in [4.69, 9.17) is 4.74 Å². The van der Waals surface area contributed by atoms with Crippen LogP contribution in [-0.4, -0.2) is 74.6 Å². The summed E-state index contributed by atoms with van der Waals surface area (Å²) in [6.45, 7) is 4.89. The maximum atomic E-state index is 12.4. The van der Waals surface area contributed by atoms with E-state index in [2.05, 4.69) is 10.3 Å². The summed E-state index contributed by atoms with van der Waals surface area (Å²) < 4.78 is 29.5. The fourth-order valence-electron chi connectivity index (χ4n) is 3.39. The molecule has 9 nitrogen and oxygen atoms in total. The molecule has 1 N–H and O–H groups in total. The van der Waals surface area contributed by atoms with Crippen molar-refractivity contribution < 1.29 is 22.7 Å². The molecule has 170 valence electrons. The van der Waals surface area contributed by atoms with Crippen molar-refractivity contribution in [2.75, 3.05) is 41.9 Å². The number of nitrogens with zero attached hydrogens (tertiary/aromatic N) is 3. The molecule has 1 aromatic rings. The molecule has 2 amide bonds. The van der Waals surface area contributed by atoms with Crippen molar-refractivity contribution >= 4 is 50.1 Å². The fraction of sp³-hybridized carbons (Fsp3) is 0.550. The number of rotatable bonds is 4. The lowest BCUT2D eigenvalue weighted by Gasteiger charge is -2.25. The predicted octanol–water partition coefficient (Wildman–Crippen LogP) is 1.88. The van der Waals surface area contributed by atoms with Crippen molar-refractivity contribution in [2.24, 2.45) is 4.99 Å². The molecule has 2 saturated heterocycles. The van der Waals surface area contributed by atoms with Crippen molar-refractivity contribution in [2.45, 2.75) is 37.7 Å². The number of aliphatic imine (C=N–C) groups is 1. The first kappa shape index (κ1) is 23.4. The van der Waals surface area contributed by atoms with Crippen molar-refractivity contribution in [3.05, 3.63) is 24.3 Å². The van der Waals surface area contributed by atoms with Crippen LogP contribution in [0.15, 0.2) is 29.3 Å². The zero-order valence-electron chi connectivity index (χ0n) is 18.3. The molecule has 2 aliphatic heterocycles. The maximum absolute atomic E-state index is 12.4. The summed E-state index contributed by atoms with van der Waals surface area (Å²) >= 11 is 1.29. The van der Waals surface area contributed by atoms with Gasteiger partial charge in [-0.15, -0.1) is 0 Å². The van der Waals surface area contributed by atoms with Gasteiger partial charge < -0.3 is 19.9 Å². The smallest absolute Gasteiger partial charge is 0.408 e. The summed E-state index contributed by atoms with van der Waals surface area (Å²) in [6, 6.07) is 7.36. The Morgan fingerprint density at radius 3 is 2.45 bits per heavy atom. The highest BCUT2D eigenvalue weighted by Crippen LogP contribution is 2.41. The van der Waals surface area contributed by atoms with Crippen LogP contribution in [0, 0.1) is 0 Å². The van der Waals surface area contributed by atoms with Gasteiger partial charge in [0.1, 0.15) is 12.1 Å². The number of alkyl carbamates (subject to hydrolysis) is 1. The van der Waals surface area contributed by atoms with Gasteiger partial charge in [0.25, 0.3) is 5.91 Å². The Labute approximate surface area is 187 Å². The molecule has 2 unspecified atom stereocenters. The lowest BCUT2D eigenvalue weighted by atomic mass is 10.2. The second-order valence-corrected chi connectivity index (χ2v) is 12.1. The Morgan fingerprint density at radius 2 is 1.87 bits per heavy atom. The minimum absolute atomic E-state index is 0.0173. The number of anilines is 2. The van der Waals surface area contributed by atoms with Gasteiger partial charge >= 0.3 is 6.09 Å². The number of ether oxygens (including phenoxy) is 1. The average molecular weight is 469 g/mol. The van der Waals surface area contributed by atoms with Crippen LogP contribution in [0.5, 0.6) is 0 Å². The Bertz CT molecular complexity index is 984. The van der Waals surface area contributed by atoms with Crippen molar-refractivity contribution in [1.82, 2.24) is 5.32 Å². The lowest BCUT2D eigenvalue weighted by Crippen LogP contribution is -2.38. The Balaban J connectivity index is 1.79. The standard InChI is InChI=1S/C20H28N4O5S2/c1-20(2,3)29-19(26)21-10-17(25)22-18-24(14-8-6-13(7-9-14)23(4)5)15-11-31(27,28)12-16(15)30-18/h6-9,15-16H,10-12H2,1-5H3,(H,21,26). The molecule has 2 heterocycles. The summed E-state index contributed by atoms with van der Waals surface area (Å²) in [4.78, 5) is 32.2. The van der Waals surface area contributed by atoms with Crippen LogP contribution >= 0.6 is 11.8 Å². The van der Waals surface area contributed by atoms with Crippen LogP contribution in [0.25, 0.3) is 0 Å². The van der Waals surface area contributed by atoms with Gasteiger partial charge in [-0.25, -0.2) is 13.2 Å². The normalized spacial score (nSPS) is 23.5. The monoisotopic (exact) mass is 468 g/mol. The summed E-state index contributed by atoms with van der Waals surface area (Å²) in [5, 5.41) is 2.66. The first-order valence-electron chi connectivity index (χ1n) is 9.87. The largest absolute Gasteiger partial charge is 0.444 e. The minimum Gasteiger partial charge on any atom is -0.444 e. The van der Waals surface area contributed by atoms with E-state index in [1.807, 2.05) is 48.2 Å². The highest BCUT2D eigenvalue weighted by molar-refractivity contribution is 8.16. The molecule has 2 aliphatic rings. The van der Waals surface area contributed by atoms with Gasteiger partial charge in [0, 0.05) is 30.7 Å². The van der Waals surface area contributed by atoms with Gasteiger partial charge in [-0.3, -0.25) is 4.79 Å². The molecule has 0 aromatic heterocycles. The van der Waals surface area contributed by atoms with Crippen LogP contribution < -0.4 is 15.1 Å². The Kier molecular flexibility index (Phi) is 6.56. The van der Waals surface area contributed by atoms with Gasteiger partial charge in [-0.05, 0) is 45.0 Å². The number of hydrogen-bond donors (Lipinski definition) is 1. The molecule has 0 saturated carbocycles. The third-order valence-electron chi connectivity index (χ3n) is 4.71. The molecule has 11 heteroatoms. The number of thioether (sulfide) groups is 1. The summed E-state index contributed by atoms with van der Waals surface area (Å²) in [7, 11) is 0.725. The van der Waals surface area contributed by atoms with Crippen LogP contribution in [0.2, 0.25) is 0 Å². The highest BCUT2D eigenvalue weighted by atomic mass is 32.2. The number of benzene rings is 1. The number of hydrogen-bond acceptors (Lipinski definition) is 7. The van der Waals surface area contributed by atoms with Gasteiger partial charge in [-0.1, -0.05) is 11.8 Å². The molecule has 0 aliphatic carbocycles. The Morgan fingerprint density at radius 1 is 1.23 bits per heavy atom. The van der Waals surface area contributed by atoms with E-state index < -0.39 is 27.4 Å². The predicted molar refractivity (Wildman–Crippen MR) is 124 cm³/mol. The summed E-state index contributed by atoms with van der Waals surface area (Å²) in [6.07, 6.45) is -0.695. The number of sulfone groups is 1. The summed E-state index contributed by atoms with van der Waals surface area (Å²) in [5.41, 5.74) is 1.11. The fourth-order valence-corrected chi connectivity index (χ4v) is 7.32. The van der Waals surface area contributed by atoms with E-state index in [0.717, 1.165) is 11.4 Å². The second kappa shape index (κ2) is 8.70. The second-order valence-electron chi connectivity index (χ2n) is 8.72. The molecule has 0 radical (unpaired) electrons. The summed E-state index contributed by atoms with van der Waals surface area (Å²) in [5.74, 6) is -0.465. The van der Waals surface area contributed by atoms with Crippen LogP contribution in [-0.2, 0) is 19.4 Å². The van der Waals surface area contributed by atoms with Crippen LogP contribution in [0.4, 0.5) is 16.2 Å². The number of amidine groups is 1. The average Bonchev–Trinajstić information content (AvgIpc) is 3.09. The molecular formula is C20H28N4O5S2. The molecule has 3 rings (SSSR count). The van der Waals surface area contributed by atoms with Gasteiger partial charge in [-0.2, -0.15) is 4.99 Å². The van der Waals surface area contributed by atoms with E-state index in [-0.39, 0.29) is 29.3 Å². The number of amides is 2. The van der Waals surface area contributed by atoms with E-state index in [1.165, 1.54) is 11.8 Å². The molecule has 0 spiro atoms. The zero-order valence-corrected chi connectivity index (χ0v) is 19.9. The molecule has 1 aromatic carbocycles. The minimum atomic E-state index is -3.14. The van der Waals surface area contributed by atoms with Crippen molar-refractivity contribution in [3.63, 3.8) is 0 Å². The van der Waals surface area contributed by atoms with Crippen molar-refractivity contribution in [1.29, 1.82) is 0 Å². The molecule has 0 bridgehead atoms. The molecule has 2 fully saturated rings. The van der Waals surface area contributed by atoms with Crippen LogP contribution in [0.3, 0.4) is 0 Å². The number of nitrogens with one attached hydrogen (secondary N) is 1. The van der Waals surface area contributed by atoms with E-state index >= 15 is 0 Å². The van der Waals surface area contributed by atoms with E-state index in [1.54, 1.807) is 20.8 Å². The SMILES string of the molecule is CN(C)c1ccc(N2C(=NC(=O)CNC(=O)OC(C)(C)C)SC3CS(=O)(=O)CC32)cc1. The van der Waals surface area contributed by atoms with E-state index in [0.29, 0.717) is 5.17 Å². The molecule has 31 heavy (non-hydrogen) atoms. The zero-order chi connectivity index (χ0) is 23.0. The topological polar surface area (TPSA) is 108 Å². The van der Waals surface area contributed by atoms with Gasteiger partial charge in [0.15, 0.2) is 15.0 Å². The third kappa shape index (κ3) is 5.91. The van der Waals surface area contributed by atoms with Crippen molar-refractivity contribution in [3.8, 4) is 0 Å². The number of carbonyl (C=O) groups excluding carboxylic acids is 2.